The van der Waals surface area contributed by atoms with Gasteiger partial charge in [-0.2, -0.15) is 0 Å². The zero-order chi connectivity index (χ0) is 8.27. The lowest BCUT2D eigenvalue weighted by molar-refractivity contribution is 0.101. The van der Waals surface area contributed by atoms with Gasteiger partial charge in [-0.3, -0.25) is 9.78 Å². The monoisotopic (exact) mass is 269 g/mol. The van der Waals surface area contributed by atoms with Crippen LogP contribution < -0.4 is 0 Å². The average molecular weight is 271 g/mol. The summed E-state index contributed by atoms with van der Waals surface area (Å²) in [6, 6.07) is 3.25. The van der Waals surface area contributed by atoms with Gasteiger partial charge in [-0.05, 0) is 12.1 Å². The van der Waals surface area contributed by atoms with Crippen molar-refractivity contribution in [2.75, 3.05) is 5.33 Å². The molecular weight excluding hydrogens is 265 g/mol. The van der Waals surface area contributed by atoms with Crippen LogP contribution in [0.3, 0.4) is 0 Å². The van der Waals surface area contributed by atoms with Gasteiger partial charge < -0.3 is 0 Å². The van der Waals surface area contributed by atoms with Crippen molar-refractivity contribution in [3.8, 4) is 0 Å². The Morgan fingerprint density at radius 2 is 2.25 bits per heavy atom. The number of nitrogens with zero attached hydrogens (tertiary/aromatic N) is 1. The summed E-state index contributed by atoms with van der Waals surface area (Å²) < 4.78 is 0. The van der Waals surface area contributed by atoms with Crippen LogP contribution in [-0.4, -0.2) is 16.1 Å². The largest absolute Gasteiger partial charge is 0.291 e. The van der Waals surface area contributed by atoms with Crippen molar-refractivity contribution in [1.82, 2.24) is 4.98 Å². The Hall–Kier alpha value is -0.120. The van der Waals surface area contributed by atoms with E-state index in [1.165, 1.54) is 6.20 Å². The molecule has 5 heteroatoms. The van der Waals surface area contributed by atoms with Gasteiger partial charge in [0.1, 0.15) is 5.69 Å². The third kappa shape index (κ3) is 3.09. The van der Waals surface area contributed by atoms with Crippen molar-refractivity contribution in [3.05, 3.63) is 29.0 Å². The maximum Gasteiger partial charge on any atom is 0.191 e. The van der Waals surface area contributed by atoms with E-state index in [2.05, 4.69) is 20.9 Å². The Morgan fingerprint density at radius 1 is 1.58 bits per heavy atom. The van der Waals surface area contributed by atoms with E-state index in [1.54, 1.807) is 12.1 Å². The minimum absolute atomic E-state index is 0. The molecule has 12 heavy (non-hydrogen) atoms. The minimum atomic E-state index is -0.0401. The second-order valence-corrected chi connectivity index (χ2v) is 2.92. The highest BCUT2D eigenvalue weighted by Gasteiger charge is 2.03. The molecule has 0 radical (unpaired) electrons. The summed E-state index contributed by atoms with van der Waals surface area (Å²) in [5, 5.41) is 0.831. The minimum Gasteiger partial charge on any atom is -0.291 e. The first-order chi connectivity index (χ1) is 5.24. The van der Waals surface area contributed by atoms with Gasteiger partial charge in [0.2, 0.25) is 0 Å². The third-order valence-corrected chi connectivity index (χ3v) is 1.87. The van der Waals surface area contributed by atoms with Gasteiger partial charge in [0, 0.05) is 6.20 Å². The molecule has 0 N–H and O–H groups in total. The summed E-state index contributed by atoms with van der Waals surface area (Å²) in [5.41, 5.74) is 0.436. The Morgan fingerprint density at radius 3 is 2.67 bits per heavy atom. The van der Waals surface area contributed by atoms with E-state index in [-0.39, 0.29) is 18.2 Å². The van der Waals surface area contributed by atoms with Gasteiger partial charge in [-0.15, -0.1) is 12.4 Å². The molecule has 1 heterocycles. The fraction of sp³-hybridized carbons (Fsp3) is 0.143. The second kappa shape index (κ2) is 5.51. The van der Waals surface area contributed by atoms with E-state index in [0.29, 0.717) is 16.0 Å². The summed E-state index contributed by atoms with van der Waals surface area (Å²) in [7, 11) is 0. The van der Waals surface area contributed by atoms with E-state index < -0.39 is 0 Å². The van der Waals surface area contributed by atoms with Crippen molar-refractivity contribution in [2.45, 2.75) is 0 Å². The Balaban J connectivity index is 0.00000121. The maximum atomic E-state index is 11.0. The van der Waals surface area contributed by atoms with Crippen molar-refractivity contribution < 1.29 is 4.79 Å². The van der Waals surface area contributed by atoms with Crippen LogP contribution in [0.1, 0.15) is 10.5 Å². The number of alkyl halides is 1. The standard InChI is InChI=1S/C7H5BrClNO.ClH/c8-3-7(11)6-2-1-5(9)4-10-6;/h1-2,4H,3H2;1H. The number of hydrogen-bond donors (Lipinski definition) is 0. The highest BCUT2D eigenvalue weighted by atomic mass is 79.9. The lowest BCUT2D eigenvalue weighted by atomic mass is 10.3. The van der Waals surface area contributed by atoms with Crippen LogP contribution in [0.25, 0.3) is 0 Å². The number of halogens is 3. The van der Waals surface area contributed by atoms with Gasteiger partial charge in [-0.25, -0.2) is 0 Å². The molecule has 0 aliphatic heterocycles. The summed E-state index contributed by atoms with van der Waals surface area (Å²) in [5.74, 6) is -0.0401. The number of Topliss-reactive ketones (excluding diaryl/α,β-unsaturated/α-hetero) is 1. The summed E-state index contributed by atoms with van der Waals surface area (Å²) in [6.45, 7) is 0. The molecule has 1 aromatic heterocycles. The Bertz CT molecular complexity index is 263. The number of pyridine rings is 1. The van der Waals surface area contributed by atoms with Gasteiger partial charge in [0.25, 0.3) is 0 Å². The molecular formula is C7H6BrCl2NO. The molecule has 66 valence electrons. The molecule has 0 saturated heterocycles. The van der Waals surface area contributed by atoms with Crippen molar-refractivity contribution in [2.24, 2.45) is 0 Å². The normalized spacial score (nSPS) is 8.83. The first-order valence-corrected chi connectivity index (χ1v) is 4.44. The molecule has 0 amide bonds. The van der Waals surface area contributed by atoms with Crippen LogP contribution in [0.2, 0.25) is 5.02 Å². The molecule has 2 nitrogen and oxygen atoms in total. The lowest BCUT2D eigenvalue weighted by Gasteiger charge is -1.94. The third-order valence-electron chi connectivity index (χ3n) is 1.13. The van der Waals surface area contributed by atoms with E-state index in [1.807, 2.05) is 0 Å². The van der Waals surface area contributed by atoms with Crippen LogP contribution in [0.4, 0.5) is 0 Å². The molecule has 0 aliphatic rings. The number of aromatic nitrogens is 1. The summed E-state index contributed by atoms with van der Waals surface area (Å²) >= 11 is 8.62. The number of hydrogen-bond acceptors (Lipinski definition) is 2. The van der Waals surface area contributed by atoms with Crippen molar-refractivity contribution in [1.29, 1.82) is 0 Å². The van der Waals surface area contributed by atoms with E-state index in [4.69, 9.17) is 11.6 Å². The molecule has 0 unspecified atom stereocenters. The van der Waals surface area contributed by atoms with Gasteiger partial charge in [-0.1, -0.05) is 27.5 Å². The van der Waals surface area contributed by atoms with Gasteiger partial charge in [0.05, 0.1) is 10.4 Å². The molecule has 0 spiro atoms. The Labute approximate surface area is 89.9 Å². The predicted molar refractivity (Wildman–Crippen MR) is 54.6 cm³/mol. The highest BCUT2D eigenvalue weighted by molar-refractivity contribution is 9.09. The quantitative estimate of drug-likeness (QED) is 0.611. The molecule has 0 atom stereocenters. The Kier molecular flexibility index (Phi) is 5.46. The van der Waals surface area contributed by atoms with Crippen LogP contribution in [0.5, 0.6) is 0 Å². The maximum absolute atomic E-state index is 11.0. The molecule has 1 rings (SSSR count). The zero-order valence-electron chi connectivity index (χ0n) is 5.96. The number of rotatable bonds is 2. The van der Waals surface area contributed by atoms with Gasteiger partial charge in [0.15, 0.2) is 5.78 Å². The molecule has 1 aromatic rings. The van der Waals surface area contributed by atoms with Crippen LogP contribution in [-0.2, 0) is 0 Å². The first kappa shape index (κ1) is 11.9. The topological polar surface area (TPSA) is 30.0 Å². The van der Waals surface area contributed by atoms with Crippen molar-refractivity contribution >= 4 is 45.7 Å². The number of carbonyl (C=O) groups excluding carboxylic acids is 1. The SMILES string of the molecule is Cl.O=C(CBr)c1ccc(Cl)cn1. The van der Waals surface area contributed by atoms with Gasteiger partial charge >= 0.3 is 0 Å². The van der Waals surface area contributed by atoms with E-state index >= 15 is 0 Å². The smallest absolute Gasteiger partial charge is 0.191 e. The summed E-state index contributed by atoms with van der Waals surface area (Å²) in [4.78, 5) is 14.8. The summed E-state index contributed by atoms with van der Waals surface area (Å²) in [6.07, 6.45) is 1.46. The van der Waals surface area contributed by atoms with E-state index in [9.17, 15) is 4.79 Å². The highest BCUT2D eigenvalue weighted by Crippen LogP contribution is 2.06. The lowest BCUT2D eigenvalue weighted by Crippen LogP contribution is -2.01. The molecule has 0 aromatic carbocycles. The van der Waals surface area contributed by atoms with Crippen LogP contribution >= 0.6 is 39.9 Å². The molecule has 0 aliphatic carbocycles. The predicted octanol–water partition coefficient (Wildman–Crippen LogP) is 2.73. The van der Waals surface area contributed by atoms with Crippen LogP contribution in [0, 0.1) is 0 Å². The second-order valence-electron chi connectivity index (χ2n) is 1.92. The molecule has 0 bridgehead atoms. The number of ketones is 1. The number of carbonyl (C=O) groups is 1. The fourth-order valence-corrected chi connectivity index (χ4v) is 1.01. The van der Waals surface area contributed by atoms with E-state index in [0.717, 1.165) is 0 Å². The first-order valence-electron chi connectivity index (χ1n) is 2.95. The van der Waals surface area contributed by atoms with Crippen LogP contribution in [0.15, 0.2) is 18.3 Å². The zero-order valence-corrected chi connectivity index (χ0v) is 9.12. The molecule has 0 saturated carbocycles. The fourth-order valence-electron chi connectivity index (χ4n) is 0.609. The van der Waals surface area contributed by atoms with Crippen molar-refractivity contribution in [3.63, 3.8) is 0 Å². The molecule has 0 fully saturated rings. The average Bonchev–Trinajstić information content (AvgIpc) is 2.05.